The Balaban J connectivity index is 1.50. The molecule has 0 radical (unpaired) electrons. The minimum absolute atomic E-state index is 0.631. The zero-order chi connectivity index (χ0) is 20.0. The van der Waals surface area contributed by atoms with Gasteiger partial charge >= 0.3 is 0 Å². The molecule has 150 valence electrons. The molecule has 0 aliphatic carbocycles. The van der Waals surface area contributed by atoms with Gasteiger partial charge in [0.25, 0.3) is 0 Å². The van der Waals surface area contributed by atoms with Gasteiger partial charge in [0.2, 0.25) is 0 Å². The number of rotatable bonds is 6. The van der Waals surface area contributed by atoms with Gasteiger partial charge in [0, 0.05) is 30.6 Å². The van der Waals surface area contributed by atoms with E-state index in [1.54, 1.807) is 25.2 Å². The standard InChI is InChI=1S/C24H32N2OS/c1-24(2,27)15-13-22-11-12-23(28-22)19-26-16-7-10-21(18-26)25(3)17-14-20-8-5-4-6-9-20/h4-6,8-9,11-12,21,27H,7,10,14,16-19H2,1-3H3/t21-/m0/s1. The monoisotopic (exact) mass is 396 g/mol. The van der Waals surface area contributed by atoms with E-state index in [1.807, 2.05) is 0 Å². The molecule has 1 atom stereocenters. The van der Waals surface area contributed by atoms with Crippen LogP contribution in [0.1, 0.15) is 42.0 Å². The predicted octanol–water partition coefficient (Wildman–Crippen LogP) is 4.01. The highest BCUT2D eigenvalue weighted by Gasteiger charge is 2.23. The molecule has 3 nitrogen and oxygen atoms in total. The highest BCUT2D eigenvalue weighted by molar-refractivity contribution is 7.12. The molecule has 1 saturated heterocycles. The summed E-state index contributed by atoms with van der Waals surface area (Å²) in [6.45, 7) is 7.85. The van der Waals surface area contributed by atoms with Crippen LogP contribution in [-0.4, -0.2) is 53.2 Å². The number of benzene rings is 1. The lowest BCUT2D eigenvalue weighted by atomic mass is 10.0. The van der Waals surface area contributed by atoms with E-state index in [-0.39, 0.29) is 0 Å². The molecule has 1 aliphatic heterocycles. The number of thiophene rings is 1. The quantitative estimate of drug-likeness (QED) is 0.748. The molecule has 1 aromatic heterocycles. The average molecular weight is 397 g/mol. The molecule has 2 heterocycles. The Morgan fingerprint density at radius 2 is 2.00 bits per heavy atom. The summed E-state index contributed by atoms with van der Waals surface area (Å²) >= 11 is 1.74. The fourth-order valence-corrected chi connectivity index (χ4v) is 4.54. The van der Waals surface area contributed by atoms with Crippen molar-refractivity contribution in [2.24, 2.45) is 0 Å². The molecule has 1 aromatic carbocycles. The van der Waals surface area contributed by atoms with Gasteiger partial charge in [-0.05, 0) is 64.4 Å². The second kappa shape index (κ2) is 9.71. The van der Waals surface area contributed by atoms with E-state index >= 15 is 0 Å². The molecule has 2 aromatic rings. The van der Waals surface area contributed by atoms with Gasteiger partial charge in [-0.15, -0.1) is 11.3 Å². The van der Waals surface area contributed by atoms with Crippen LogP contribution < -0.4 is 0 Å². The SMILES string of the molecule is CN(CCc1ccccc1)[C@H]1CCCN(Cc2ccc(C#CC(C)(C)O)s2)C1. The Kier molecular flexibility index (Phi) is 7.31. The topological polar surface area (TPSA) is 26.7 Å². The lowest BCUT2D eigenvalue weighted by Gasteiger charge is -2.37. The van der Waals surface area contributed by atoms with Gasteiger partial charge in [-0.2, -0.15) is 0 Å². The molecule has 0 unspecified atom stereocenters. The van der Waals surface area contributed by atoms with Crippen LogP contribution in [0.4, 0.5) is 0 Å². The molecule has 1 fully saturated rings. The fourth-order valence-electron chi connectivity index (χ4n) is 3.63. The minimum Gasteiger partial charge on any atom is -0.378 e. The number of likely N-dealkylation sites (tertiary alicyclic amines) is 1. The maximum absolute atomic E-state index is 9.76. The van der Waals surface area contributed by atoms with Gasteiger partial charge in [-0.1, -0.05) is 42.2 Å². The van der Waals surface area contributed by atoms with Gasteiger partial charge in [0.15, 0.2) is 0 Å². The van der Waals surface area contributed by atoms with Crippen LogP contribution in [-0.2, 0) is 13.0 Å². The second-order valence-electron chi connectivity index (χ2n) is 8.32. The van der Waals surface area contributed by atoms with Crippen molar-refractivity contribution in [2.45, 2.75) is 51.3 Å². The summed E-state index contributed by atoms with van der Waals surface area (Å²) in [5.74, 6) is 5.99. The molecular formula is C24H32N2OS. The highest BCUT2D eigenvalue weighted by atomic mass is 32.1. The summed E-state index contributed by atoms with van der Waals surface area (Å²) in [4.78, 5) is 7.50. The van der Waals surface area contributed by atoms with Crippen LogP contribution >= 0.6 is 11.3 Å². The largest absolute Gasteiger partial charge is 0.378 e. The van der Waals surface area contributed by atoms with E-state index in [1.165, 1.54) is 29.8 Å². The Morgan fingerprint density at radius 1 is 1.21 bits per heavy atom. The normalized spacial score (nSPS) is 18.1. The van der Waals surface area contributed by atoms with Crippen molar-refractivity contribution in [1.29, 1.82) is 0 Å². The van der Waals surface area contributed by atoms with Gasteiger partial charge in [0.1, 0.15) is 5.60 Å². The highest BCUT2D eigenvalue weighted by Crippen LogP contribution is 2.22. The number of aliphatic hydroxyl groups is 1. The van der Waals surface area contributed by atoms with Crippen LogP contribution in [0.25, 0.3) is 0 Å². The number of hydrogen-bond acceptors (Lipinski definition) is 4. The van der Waals surface area contributed by atoms with Crippen molar-refractivity contribution in [3.05, 3.63) is 57.8 Å². The second-order valence-corrected chi connectivity index (χ2v) is 9.49. The Bertz CT molecular complexity index is 797. The van der Waals surface area contributed by atoms with Crippen molar-refractivity contribution < 1.29 is 5.11 Å². The molecule has 4 heteroatoms. The molecule has 0 bridgehead atoms. The van der Waals surface area contributed by atoms with Gasteiger partial charge in [0.05, 0.1) is 4.88 Å². The molecule has 1 aliphatic rings. The third-order valence-electron chi connectivity index (χ3n) is 5.23. The van der Waals surface area contributed by atoms with Crippen LogP contribution in [0.3, 0.4) is 0 Å². The number of piperidine rings is 1. The van der Waals surface area contributed by atoms with Crippen LogP contribution in [0.5, 0.6) is 0 Å². The molecule has 0 spiro atoms. The Labute approximate surface area is 174 Å². The first kappa shape index (κ1) is 21.1. The van der Waals surface area contributed by atoms with Crippen molar-refractivity contribution in [1.82, 2.24) is 9.80 Å². The van der Waals surface area contributed by atoms with Gasteiger partial charge < -0.3 is 10.0 Å². The molecule has 1 N–H and O–H groups in total. The summed E-state index contributed by atoms with van der Waals surface area (Å²) < 4.78 is 0. The lowest BCUT2D eigenvalue weighted by molar-refractivity contribution is 0.113. The number of likely N-dealkylation sites (N-methyl/N-ethyl adjacent to an activating group) is 1. The smallest absolute Gasteiger partial charge is 0.120 e. The summed E-state index contributed by atoms with van der Waals surface area (Å²) in [5.41, 5.74) is 0.481. The molecule has 0 amide bonds. The van der Waals surface area contributed by atoms with E-state index in [0.717, 1.165) is 30.9 Å². The summed E-state index contributed by atoms with van der Waals surface area (Å²) in [6.07, 6.45) is 3.66. The summed E-state index contributed by atoms with van der Waals surface area (Å²) in [5, 5.41) is 9.76. The van der Waals surface area contributed by atoms with Crippen LogP contribution in [0, 0.1) is 11.8 Å². The number of hydrogen-bond donors (Lipinski definition) is 1. The average Bonchev–Trinajstić information content (AvgIpc) is 3.12. The lowest BCUT2D eigenvalue weighted by Crippen LogP contribution is -2.46. The maximum Gasteiger partial charge on any atom is 0.120 e. The third-order valence-corrected chi connectivity index (χ3v) is 6.22. The van der Waals surface area contributed by atoms with Crippen molar-refractivity contribution >= 4 is 11.3 Å². The molecular weight excluding hydrogens is 364 g/mol. The first-order valence-electron chi connectivity index (χ1n) is 10.2. The zero-order valence-electron chi connectivity index (χ0n) is 17.3. The van der Waals surface area contributed by atoms with Crippen molar-refractivity contribution in [3.8, 4) is 11.8 Å². The van der Waals surface area contributed by atoms with E-state index in [4.69, 9.17) is 0 Å². The zero-order valence-corrected chi connectivity index (χ0v) is 18.1. The maximum atomic E-state index is 9.76. The summed E-state index contributed by atoms with van der Waals surface area (Å²) in [6, 6.07) is 15.7. The predicted molar refractivity (Wildman–Crippen MR) is 119 cm³/mol. The summed E-state index contributed by atoms with van der Waals surface area (Å²) in [7, 11) is 2.27. The fraction of sp³-hybridized carbons (Fsp3) is 0.500. The van der Waals surface area contributed by atoms with E-state index in [2.05, 4.69) is 71.2 Å². The van der Waals surface area contributed by atoms with Gasteiger partial charge in [-0.3, -0.25) is 4.90 Å². The molecule has 0 saturated carbocycles. The molecule has 28 heavy (non-hydrogen) atoms. The van der Waals surface area contributed by atoms with Crippen LogP contribution in [0.2, 0.25) is 0 Å². The Morgan fingerprint density at radius 3 is 2.75 bits per heavy atom. The minimum atomic E-state index is -0.936. The van der Waals surface area contributed by atoms with Gasteiger partial charge in [-0.25, -0.2) is 0 Å². The van der Waals surface area contributed by atoms with Crippen molar-refractivity contribution in [3.63, 3.8) is 0 Å². The Hall–Kier alpha value is -1.64. The third kappa shape index (κ3) is 6.76. The van der Waals surface area contributed by atoms with E-state index in [0.29, 0.717) is 6.04 Å². The van der Waals surface area contributed by atoms with Crippen molar-refractivity contribution in [2.75, 3.05) is 26.7 Å². The number of nitrogens with zero attached hydrogens (tertiary/aromatic N) is 2. The van der Waals surface area contributed by atoms with Crippen LogP contribution in [0.15, 0.2) is 42.5 Å². The first-order valence-corrected chi connectivity index (χ1v) is 11.0. The first-order chi connectivity index (χ1) is 13.4. The van der Waals surface area contributed by atoms with E-state index < -0.39 is 5.60 Å². The molecule has 3 rings (SSSR count). The van der Waals surface area contributed by atoms with E-state index in [9.17, 15) is 5.11 Å².